The Balaban J connectivity index is 0.000000190. The molecule has 0 aliphatic rings. The van der Waals surface area contributed by atoms with Crippen molar-refractivity contribution in [2.75, 3.05) is 60.5 Å². The maximum Gasteiger partial charge on any atom is 0.178 e. The quantitative estimate of drug-likeness (QED) is 0.126. The van der Waals surface area contributed by atoms with Gasteiger partial charge in [-0.1, -0.05) is 49.7 Å². The highest BCUT2D eigenvalue weighted by Crippen LogP contribution is 2.32. The highest BCUT2D eigenvalue weighted by molar-refractivity contribution is 7.91. The lowest BCUT2D eigenvalue weighted by atomic mass is 10.2. The summed E-state index contributed by atoms with van der Waals surface area (Å²) in [6, 6.07) is 25.2. The SMILES string of the molecule is CCS(=O)(=O)c1ccc(N(C)C)c(N)c1.CCS(=O)(=O)c1ccc(N(C)C)c(Nc2ncnc3ccccc23)c1.Clc1ncnc2ccccc12. The molecule has 2 heterocycles. The van der Waals surface area contributed by atoms with Gasteiger partial charge >= 0.3 is 0 Å². The van der Waals surface area contributed by atoms with Crippen LogP contribution in [0.2, 0.25) is 5.15 Å². The van der Waals surface area contributed by atoms with Crippen LogP contribution in [0.25, 0.3) is 21.8 Å². The van der Waals surface area contributed by atoms with E-state index in [1.54, 1.807) is 44.2 Å². The number of nitrogens with two attached hydrogens (primary N) is 1. The number of aromatic nitrogens is 4. The zero-order valence-electron chi connectivity index (χ0n) is 29.2. The van der Waals surface area contributed by atoms with Crippen LogP contribution in [0.5, 0.6) is 0 Å². The maximum atomic E-state index is 12.2. The third kappa shape index (κ3) is 9.60. The molecule has 0 saturated carbocycles. The topological polar surface area (TPSA) is 164 Å². The van der Waals surface area contributed by atoms with Crippen LogP contribution in [0.3, 0.4) is 0 Å². The van der Waals surface area contributed by atoms with Crippen LogP contribution < -0.4 is 20.9 Å². The standard InChI is InChI=1S/C18H20N4O2S.C10H16N2O2S.C8H5ClN2/c1-4-25(23,24)13-9-10-17(22(2)3)16(11-13)21-18-14-7-5-6-8-15(14)19-12-20-18;1-4-15(13,14)8-5-6-10(12(2)3)9(11)7-8;9-8-6-3-1-2-4-7(6)10-5-11-8/h5-12H,4H2,1-3H3,(H,19,20,21);5-7H,4,11H2,1-3H3;1-5H. The minimum Gasteiger partial charge on any atom is -0.397 e. The van der Waals surface area contributed by atoms with Gasteiger partial charge in [-0.2, -0.15) is 0 Å². The molecule has 0 spiro atoms. The van der Waals surface area contributed by atoms with Crippen LogP contribution in [0.4, 0.5) is 28.6 Å². The van der Waals surface area contributed by atoms with Crippen LogP contribution in [0.1, 0.15) is 13.8 Å². The molecule has 0 aliphatic carbocycles. The van der Waals surface area contributed by atoms with E-state index < -0.39 is 19.7 Å². The molecular weight excluding hydrogens is 708 g/mol. The predicted molar refractivity (Wildman–Crippen MR) is 209 cm³/mol. The van der Waals surface area contributed by atoms with E-state index in [2.05, 4.69) is 25.3 Å². The van der Waals surface area contributed by atoms with Crippen LogP contribution in [0.15, 0.2) is 107 Å². The van der Waals surface area contributed by atoms with Crippen molar-refractivity contribution in [2.24, 2.45) is 0 Å². The van der Waals surface area contributed by atoms with Gasteiger partial charge in [0.05, 0.1) is 55.1 Å². The first-order valence-corrected chi connectivity index (χ1v) is 19.5. The van der Waals surface area contributed by atoms with Crippen LogP contribution in [-0.4, -0.2) is 76.5 Å². The number of hydrogen-bond donors (Lipinski definition) is 2. The second-order valence-electron chi connectivity index (χ2n) is 11.5. The second-order valence-corrected chi connectivity index (χ2v) is 16.5. The third-order valence-corrected chi connectivity index (χ3v) is 11.5. The molecule has 0 atom stereocenters. The lowest BCUT2D eigenvalue weighted by molar-refractivity contribution is 0.595. The van der Waals surface area contributed by atoms with Crippen LogP contribution >= 0.6 is 11.6 Å². The van der Waals surface area contributed by atoms with Crippen molar-refractivity contribution in [1.82, 2.24) is 19.9 Å². The summed E-state index contributed by atoms with van der Waals surface area (Å²) in [5.41, 5.74) is 10.3. The summed E-state index contributed by atoms with van der Waals surface area (Å²) in [4.78, 5) is 20.8. The number of nitrogens with one attached hydrogen (secondary N) is 1. The Morgan fingerprint density at radius 3 is 1.67 bits per heavy atom. The van der Waals surface area contributed by atoms with Gasteiger partial charge in [-0.05, 0) is 60.7 Å². The van der Waals surface area contributed by atoms with E-state index in [1.165, 1.54) is 18.7 Å². The molecular formula is C36H41ClN8O4S2. The molecule has 0 bridgehead atoms. The Kier molecular flexibility index (Phi) is 12.7. The van der Waals surface area contributed by atoms with E-state index in [0.29, 0.717) is 27.2 Å². The summed E-state index contributed by atoms with van der Waals surface area (Å²) in [5, 5.41) is 5.56. The molecule has 4 aromatic carbocycles. The molecule has 12 nitrogen and oxygen atoms in total. The molecule has 3 N–H and O–H groups in total. The fraction of sp³-hybridized carbons (Fsp3) is 0.222. The maximum absolute atomic E-state index is 12.2. The molecule has 0 aliphatic heterocycles. The van der Waals surface area contributed by atoms with Crippen molar-refractivity contribution in [3.63, 3.8) is 0 Å². The number of halogens is 1. The zero-order chi connectivity index (χ0) is 37.3. The van der Waals surface area contributed by atoms with E-state index >= 15 is 0 Å². The number of anilines is 5. The smallest absolute Gasteiger partial charge is 0.178 e. The molecule has 6 aromatic rings. The molecule has 0 fully saturated rings. The van der Waals surface area contributed by atoms with E-state index in [-0.39, 0.29) is 16.4 Å². The van der Waals surface area contributed by atoms with Gasteiger partial charge in [0.15, 0.2) is 19.7 Å². The summed E-state index contributed by atoms with van der Waals surface area (Å²) in [5.74, 6) is 0.789. The zero-order valence-corrected chi connectivity index (χ0v) is 31.6. The molecule has 0 saturated heterocycles. The van der Waals surface area contributed by atoms with Crippen molar-refractivity contribution in [3.05, 3.63) is 103 Å². The lowest BCUT2D eigenvalue weighted by Crippen LogP contribution is -2.13. The van der Waals surface area contributed by atoms with Crippen LogP contribution in [-0.2, 0) is 19.7 Å². The van der Waals surface area contributed by atoms with Crippen molar-refractivity contribution >= 4 is 81.6 Å². The molecule has 0 amide bonds. The number of fused-ring (bicyclic) bond motifs is 2. The van der Waals surface area contributed by atoms with Gasteiger partial charge in [0, 0.05) is 39.0 Å². The number of nitrogen functional groups attached to an aromatic ring is 1. The Morgan fingerprint density at radius 1 is 0.647 bits per heavy atom. The Morgan fingerprint density at radius 2 is 1.14 bits per heavy atom. The first-order valence-electron chi connectivity index (χ1n) is 15.8. The van der Waals surface area contributed by atoms with Gasteiger partial charge in [0.25, 0.3) is 0 Å². The fourth-order valence-corrected chi connectivity index (χ4v) is 6.89. The van der Waals surface area contributed by atoms with Gasteiger partial charge in [0.1, 0.15) is 23.6 Å². The number of nitrogens with zero attached hydrogens (tertiary/aromatic N) is 6. The molecule has 0 unspecified atom stereocenters. The summed E-state index contributed by atoms with van der Waals surface area (Å²) in [7, 11) is 1.09. The summed E-state index contributed by atoms with van der Waals surface area (Å²) in [6.07, 6.45) is 2.96. The number of para-hydroxylation sites is 2. The summed E-state index contributed by atoms with van der Waals surface area (Å²) in [6.45, 7) is 3.26. The second kappa shape index (κ2) is 16.8. The molecule has 268 valence electrons. The molecule has 51 heavy (non-hydrogen) atoms. The molecule has 0 radical (unpaired) electrons. The Hall–Kier alpha value is -5.05. The third-order valence-electron chi connectivity index (χ3n) is 7.70. The Bertz CT molecular complexity index is 2350. The average molecular weight is 749 g/mol. The molecule has 2 aromatic heterocycles. The van der Waals surface area contributed by atoms with Crippen molar-refractivity contribution in [1.29, 1.82) is 0 Å². The minimum atomic E-state index is -3.29. The fourth-order valence-electron chi connectivity index (χ4n) is 4.87. The van der Waals surface area contributed by atoms with Crippen LogP contribution in [0, 0.1) is 0 Å². The minimum absolute atomic E-state index is 0.0597. The highest BCUT2D eigenvalue weighted by Gasteiger charge is 2.16. The number of benzene rings is 4. The Labute approximate surface area is 304 Å². The van der Waals surface area contributed by atoms with E-state index in [0.717, 1.165) is 33.2 Å². The van der Waals surface area contributed by atoms with Gasteiger partial charge in [-0.3, -0.25) is 0 Å². The molecule has 6 rings (SSSR count). The lowest BCUT2D eigenvalue weighted by Gasteiger charge is -2.19. The van der Waals surface area contributed by atoms with Gasteiger partial charge in [0.2, 0.25) is 0 Å². The first kappa shape index (κ1) is 38.7. The largest absolute Gasteiger partial charge is 0.397 e. The summed E-state index contributed by atoms with van der Waals surface area (Å²) >= 11 is 5.81. The van der Waals surface area contributed by atoms with E-state index in [9.17, 15) is 16.8 Å². The van der Waals surface area contributed by atoms with Crippen molar-refractivity contribution in [3.8, 4) is 0 Å². The normalized spacial score (nSPS) is 11.2. The average Bonchev–Trinajstić information content (AvgIpc) is 3.12. The highest BCUT2D eigenvalue weighted by atomic mass is 35.5. The van der Waals surface area contributed by atoms with Crippen molar-refractivity contribution < 1.29 is 16.8 Å². The predicted octanol–water partition coefficient (Wildman–Crippen LogP) is 6.64. The van der Waals surface area contributed by atoms with E-state index in [1.807, 2.05) is 86.5 Å². The first-order chi connectivity index (χ1) is 24.2. The van der Waals surface area contributed by atoms with E-state index in [4.69, 9.17) is 17.3 Å². The van der Waals surface area contributed by atoms with Gasteiger partial charge in [-0.15, -0.1) is 0 Å². The number of rotatable bonds is 8. The van der Waals surface area contributed by atoms with Gasteiger partial charge in [-0.25, -0.2) is 36.8 Å². The molecule has 15 heteroatoms. The van der Waals surface area contributed by atoms with Crippen molar-refractivity contribution in [2.45, 2.75) is 23.6 Å². The monoisotopic (exact) mass is 748 g/mol. The number of sulfone groups is 2. The van der Waals surface area contributed by atoms with Gasteiger partial charge < -0.3 is 20.9 Å². The summed E-state index contributed by atoms with van der Waals surface area (Å²) < 4.78 is 47.6. The number of hydrogen-bond acceptors (Lipinski definition) is 12.